The molecule has 0 aliphatic carbocycles. The molecule has 0 bridgehead atoms. The molecule has 1 aromatic carbocycles. The maximum atomic E-state index is 3.06. The Balaban J connectivity index is 2.25. The lowest BCUT2D eigenvalue weighted by atomic mass is 10.1. The molecule has 0 aliphatic rings. The van der Waals surface area contributed by atoms with Crippen molar-refractivity contribution in [2.45, 2.75) is 32.6 Å². The van der Waals surface area contributed by atoms with Crippen molar-refractivity contribution in [3.63, 3.8) is 0 Å². The number of allylic oxidation sites excluding steroid dienone is 1. The van der Waals surface area contributed by atoms with Crippen LogP contribution in [0.4, 0.5) is 0 Å². The second kappa shape index (κ2) is 6.47. The van der Waals surface area contributed by atoms with Gasteiger partial charge in [0.05, 0.1) is 0 Å². The van der Waals surface area contributed by atoms with Gasteiger partial charge in [-0.2, -0.15) is 0 Å². The molecule has 13 heavy (non-hydrogen) atoms. The van der Waals surface area contributed by atoms with E-state index in [0.717, 1.165) is 0 Å². The van der Waals surface area contributed by atoms with Gasteiger partial charge in [-0.3, -0.25) is 0 Å². The van der Waals surface area contributed by atoms with Crippen LogP contribution in [0.2, 0.25) is 0 Å². The predicted octanol–water partition coefficient (Wildman–Crippen LogP) is 4.08. The van der Waals surface area contributed by atoms with E-state index in [-0.39, 0.29) is 0 Å². The van der Waals surface area contributed by atoms with Crippen molar-refractivity contribution in [2.24, 2.45) is 0 Å². The van der Waals surface area contributed by atoms with E-state index < -0.39 is 0 Å². The fourth-order valence-electron chi connectivity index (χ4n) is 1.24. The molecule has 0 spiro atoms. The minimum atomic E-state index is 1.20. The summed E-state index contributed by atoms with van der Waals surface area (Å²) in [4.78, 5) is 0. The Morgan fingerprint density at radius 1 is 1.38 bits per heavy atom. The minimum absolute atomic E-state index is 1.20. The summed E-state index contributed by atoms with van der Waals surface area (Å²) in [6.45, 7) is 2.23. The van der Waals surface area contributed by atoms with Crippen LogP contribution in [0.3, 0.4) is 0 Å². The summed E-state index contributed by atoms with van der Waals surface area (Å²) in [7, 11) is 0. The molecule has 0 saturated carbocycles. The molecule has 0 saturated heterocycles. The Morgan fingerprint density at radius 2 is 2.31 bits per heavy atom. The molecule has 1 rings (SSSR count). The van der Waals surface area contributed by atoms with Gasteiger partial charge in [0, 0.05) is 0 Å². The molecule has 1 radical (unpaired) electrons. The first-order valence-electron chi connectivity index (χ1n) is 5.06. The number of benzene rings is 1. The van der Waals surface area contributed by atoms with Gasteiger partial charge < -0.3 is 0 Å². The highest BCUT2D eigenvalue weighted by atomic mass is 13.9. The van der Waals surface area contributed by atoms with Crippen LogP contribution in [-0.4, -0.2) is 0 Å². The van der Waals surface area contributed by atoms with Crippen LogP contribution in [0.5, 0.6) is 0 Å². The molecule has 0 fully saturated rings. The van der Waals surface area contributed by atoms with Crippen LogP contribution < -0.4 is 0 Å². The van der Waals surface area contributed by atoms with Gasteiger partial charge in [-0.15, -0.1) is 0 Å². The Morgan fingerprint density at radius 3 is 3.00 bits per heavy atom. The molecule has 0 aliphatic heterocycles. The van der Waals surface area contributed by atoms with Gasteiger partial charge in [-0.25, -0.2) is 0 Å². The fourth-order valence-corrected chi connectivity index (χ4v) is 1.24. The average Bonchev–Trinajstić information content (AvgIpc) is 2.19. The molecular weight excluding hydrogens is 156 g/mol. The van der Waals surface area contributed by atoms with Crippen LogP contribution in [0.1, 0.15) is 38.2 Å². The Labute approximate surface area is 81.3 Å². The Bertz CT molecular complexity index is 233. The molecule has 0 N–H and O–H groups in total. The Hall–Kier alpha value is -1.04. The van der Waals surface area contributed by atoms with Crippen LogP contribution in [0.15, 0.2) is 30.3 Å². The fraction of sp³-hybridized carbons (Fsp3) is 0.385. The second-order valence-electron chi connectivity index (χ2n) is 3.23. The minimum Gasteiger partial charge on any atom is -0.0839 e. The third-order valence-electron chi connectivity index (χ3n) is 2.02. The van der Waals surface area contributed by atoms with Gasteiger partial charge in [-0.05, 0) is 30.5 Å². The maximum absolute atomic E-state index is 3.06. The first-order chi connectivity index (χ1) is 6.43. The lowest BCUT2D eigenvalue weighted by molar-refractivity contribution is 0.730. The van der Waals surface area contributed by atoms with Gasteiger partial charge in [0.1, 0.15) is 0 Å². The molecule has 0 aromatic heterocycles. The van der Waals surface area contributed by atoms with E-state index in [1.807, 2.05) is 18.2 Å². The van der Waals surface area contributed by atoms with Gasteiger partial charge in [0.15, 0.2) is 0 Å². The molecule has 69 valence electrons. The predicted molar refractivity (Wildman–Crippen MR) is 58.5 cm³/mol. The second-order valence-corrected chi connectivity index (χ2v) is 3.23. The molecule has 1 aromatic rings. The first kappa shape index (κ1) is 10.0. The highest BCUT2D eigenvalue weighted by molar-refractivity contribution is 5.48. The molecule has 0 heterocycles. The monoisotopic (exact) mass is 173 g/mol. The summed E-state index contributed by atoms with van der Waals surface area (Å²) in [6.07, 6.45) is 9.56. The summed E-state index contributed by atoms with van der Waals surface area (Å²) >= 11 is 0. The lowest BCUT2D eigenvalue weighted by Crippen LogP contribution is -1.72. The topological polar surface area (TPSA) is 0 Å². The van der Waals surface area contributed by atoms with E-state index in [0.29, 0.717) is 0 Å². The zero-order valence-corrected chi connectivity index (χ0v) is 8.29. The van der Waals surface area contributed by atoms with Crippen LogP contribution in [-0.2, 0) is 0 Å². The number of hydrogen-bond donors (Lipinski definition) is 0. The molecule has 0 amide bonds. The molecular formula is C13H17. The summed E-state index contributed by atoms with van der Waals surface area (Å²) in [6, 6.07) is 11.1. The summed E-state index contributed by atoms with van der Waals surface area (Å²) in [5, 5.41) is 0. The van der Waals surface area contributed by atoms with Gasteiger partial charge in [0.25, 0.3) is 0 Å². The Kier molecular flexibility index (Phi) is 5.00. The zero-order valence-electron chi connectivity index (χ0n) is 8.29. The number of rotatable bonds is 5. The normalized spacial score (nSPS) is 10.8. The van der Waals surface area contributed by atoms with Crippen molar-refractivity contribution in [1.29, 1.82) is 0 Å². The first-order valence-corrected chi connectivity index (χ1v) is 5.06. The van der Waals surface area contributed by atoms with Crippen molar-refractivity contribution < 1.29 is 0 Å². The van der Waals surface area contributed by atoms with E-state index in [9.17, 15) is 0 Å². The number of hydrogen-bond acceptors (Lipinski definition) is 0. The van der Waals surface area contributed by atoms with E-state index >= 15 is 0 Å². The largest absolute Gasteiger partial charge is 0.0839 e. The van der Waals surface area contributed by atoms with Crippen LogP contribution in [0, 0.1) is 6.07 Å². The number of unbranched alkanes of at least 4 members (excludes halogenated alkanes) is 3. The average molecular weight is 173 g/mol. The van der Waals surface area contributed by atoms with Crippen molar-refractivity contribution in [3.8, 4) is 0 Å². The van der Waals surface area contributed by atoms with Crippen molar-refractivity contribution in [2.75, 3.05) is 0 Å². The summed E-state index contributed by atoms with van der Waals surface area (Å²) in [5.41, 5.74) is 1.25. The van der Waals surface area contributed by atoms with Crippen molar-refractivity contribution in [1.82, 2.24) is 0 Å². The third-order valence-corrected chi connectivity index (χ3v) is 2.02. The van der Waals surface area contributed by atoms with E-state index in [2.05, 4.69) is 31.2 Å². The van der Waals surface area contributed by atoms with E-state index in [1.54, 1.807) is 0 Å². The standard InChI is InChI=1S/C13H17/c1-2-3-4-5-7-10-13-11-8-6-9-12-13/h6-8,10-12H,2-5H2,1H3/b10-7+. The van der Waals surface area contributed by atoms with Crippen molar-refractivity contribution in [3.05, 3.63) is 42.0 Å². The van der Waals surface area contributed by atoms with E-state index in [1.165, 1.54) is 31.2 Å². The molecule has 0 unspecified atom stereocenters. The summed E-state index contributed by atoms with van der Waals surface area (Å²) < 4.78 is 0. The summed E-state index contributed by atoms with van der Waals surface area (Å²) in [5.74, 6) is 0. The maximum Gasteiger partial charge on any atom is -0.0178 e. The van der Waals surface area contributed by atoms with Crippen LogP contribution >= 0.6 is 0 Å². The van der Waals surface area contributed by atoms with Crippen LogP contribution in [0.25, 0.3) is 6.08 Å². The highest BCUT2D eigenvalue weighted by Crippen LogP contribution is 2.04. The SMILES string of the molecule is CCCCC/C=C/c1c[c]ccc1. The smallest absolute Gasteiger partial charge is 0.0178 e. The zero-order chi connectivity index (χ0) is 9.36. The molecule has 0 atom stereocenters. The molecule has 0 nitrogen and oxygen atoms in total. The lowest BCUT2D eigenvalue weighted by Gasteiger charge is -1.92. The van der Waals surface area contributed by atoms with Gasteiger partial charge >= 0.3 is 0 Å². The van der Waals surface area contributed by atoms with E-state index in [4.69, 9.17) is 0 Å². The quantitative estimate of drug-likeness (QED) is 0.588. The highest BCUT2D eigenvalue weighted by Gasteiger charge is 1.83. The van der Waals surface area contributed by atoms with Gasteiger partial charge in [-0.1, -0.05) is 50.1 Å². The van der Waals surface area contributed by atoms with Gasteiger partial charge in [0.2, 0.25) is 0 Å². The molecule has 0 heteroatoms. The third kappa shape index (κ3) is 4.51. The van der Waals surface area contributed by atoms with Crippen molar-refractivity contribution >= 4 is 6.08 Å².